The smallest absolute Gasteiger partial charge is 0.139 e. The lowest BCUT2D eigenvalue weighted by atomic mass is 10.2. The SMILES string of the molecule is COc1ccc(NCCCC(N)=NO)cc1Br. The van der Waals surface area contributed by atoms with E-state index in [2.05, 4.69) is 26.4 Å². The van der Waals surface area contributed by atoms with E-state index in [0.717, 1.165) is 28.9 Å². The van der Waals surface area contributed by atoms with Crippen LogP contribution in [-0.4, -0.2) is 24.7 Å². The van der Waals surface area contributed by atoms with Crippen molar-refractivity contribution in [1.29, 1.82) is 0 Å². The normalized spacial score (nSPS) is 11.3. The maximum absolute atomic E-state index is 8.37. The molecule has 0 heterocycles. The molecule has 4 N–H and O–H groups in total. The number of rotatable bonds is 6. The summed E-state index contributed by atoms with van der Waals surface area (Å²) in [6.45, 7) is 0.759. The molecule has 0 unspecified atom stereocenters. The number of amidine groups is 1. The third-order valence-corrected chi connectivity index (χ3v) is 2.84. The summed E-state index contributed by atoms with van der Waals surface area (Å²) >= 11 is 3.41. The molecular weight excluding hydrogens is 286 g/mol. The van der Waals surface area contributed by atoms with Gasteiger partial charge < -0.3 is 21.0 Å². The van der Waals surface area contributed by atoms with Crippen molar-refractivity contribution in [3.63, 3.8) is 0 Å². The van der Waals surface area contributed by atoms with E-state index in [1.54, 1.807) is 7.11 Å². The van der Waals surface area contributed by atoms with Crippen LogP contribution in [0.3, 0.4) is 0 Å². The van der Waals surface area contributed by atoms with Crippen molar-refractivity contribution in [1.82, 2.24) is 0 Å². The highest BCUT2D eigenvalue weighted by molar-refractivity contribution is 9.10. The van der Waals surface area contributed by atoms with Gasteiger partial charge in [0.2, 0.25) is 0 Å². The Morgan fingerprint density at radius 2 is 2.35 bits per heavy atom. The highest BCUT2D eigenvalue weighted by atomic mass is 79.9. The van der Waals surface area contributed by atoms with Crippen molar-refractivity contribution >= 4 is 27.5 Å². The molecule has 17 heavy (non-hydrogen) atoms. The second-order valence-corrected chi connectivity index (χ2v) is 4.33. The predicted molar refractivity (Wildman–Crippen MR) is 71.8 cm³/mol. The summed E-state index contributed by atoms with van der Waals surface area (Å²) in [4.78, 5) is 0. The molecule has 5 nitrogen and oxygen atoms in total. The summed E-state index contributed by atoms with van der Waals surface area (Å²) in [6, 6.07) is 5.77. The lowest BCUT2D eigenvalue weighted by Gasteiger charge is -2.08. The van der Waals surface area contributed by atoms with Crippen LogP contribution in [0.25, 0.3) is 0 Å². The van der Waals surface area contributed by atoms with Gasteiger partial charge in [-0.05, 0) is 40.5 Å². The van der Waals surface area contributed by atoms with Gasteiger partial charge in [-0.2, -0.15) is 0 Å². The van der Waals surface area contributed by atoms with E-state index in [4.69, 9.17) is 15.7 Å². The Hall–Kier alpha value is -1.43. The summed E-state index contributed by atoms with van der Waals surface area (Å²) in [5.74, 6) is 1.05. The number of anilines is 1. The van der Waals surface area contributed by atoms with E-state index in [-0.39, 0.29) is 5.84 Å². The van der Waals surface area contributed by atoms with Crippen molar-refractivity contribution in [3.8, 4) is 5.75 Å². The zero-order valence-electron chi connectivity index (χ0n) is 9.61. The summed E-state index contributed by atoms with van der Waals surface area (Å²) in [7, 11) is 1.63. The topological polar surface area (TPSA) is 79.9 Å². The molecule has 0 bridgehead atoms. The van der Waals surface area contributed by atoms with E-state index in [0.29, 0.717) is 6.42 Å². The fraction of sp³-hybridized carbons (Fsp3) is 0.364. The highest BCUT2D eigenvalue weighted by Gasteiger charge is 2.01. The van der Waals surface area contributed by atoms with Gasteiger partial charge in [0.25, 0.3) is 0 Å². The number of nitrogens with two attached hydrogens (primary N) is 1. The zero-order chi connectivity index (χ0) is 12.7. The first kappa shape index (κ1) is 13.6. The van der Waals surface area contributed by atoms with Crippen molar-refractivity contribution in [2.45, 2.75) is 12.8 Å². The minimum Gasteiger partial charge on any atom is -0.496 e. The van der Waals surface area contributed by atoms with Gasteiger partial charge in [-0.1, -0.05) is 5.16 Å². The Morgan fingerprint density at radius 1 is 1.59 bits per heavy atom. The Labute approximate surface area is 109 Å². The van der Waals surface area contributed by atoms with Gasteiger partial charge in [-0.25, -0.2) is 0 Å². The molecule has 0 aliphatic heterocycles. The minimum absolute atomic E-state index is 0.253. The summed E-state index contributed by atoms with van der Waals surface area (Å²) < 4.78 is 6.04. The Bertz CT molecular complexity index is 396. The van der Waals surface area contributed by atoms with Crippen molar-refractivity contribution in [2.75, 3.05) is 19.0 Å². The van der Waals surface area contributed by atoms with Gasteiger partial charge in [0.15, 0.2) is 0 Å². The Kier molecular flexibility index (Phi) is 5.62. The van der Waals surface area contributed by atoms with Crippen LogP contribution < -0.4 is 15.8 Å². The molecule has 94 valence electrons. The summed E-state index contributed by atoms with van der Waals surface area (Å²) in [5.41, 5.74) is 6.36. The fourth-order valence-corrected chi connectivity index (χ4v) is 1.87. The first-order chi connectivity index (χ1) is 8.17. The molecule has 0 saturated heterocycles. The average molecular weight is 302 g/mol. The number of oxime groups is 1. The third kappa shape index (κ3) is 4.52. The van der Waals surface area contributed by atoms with Crippen LogP contribution in [-0.2, 0) is 0 Å². The molecule has 0 radical (unpaired) electrons. The van der Waals surface area contributed by atoms with E-state index < -0.39 is 0 Å². The molecule has 1 aromatic carbocycles. The number of benzene rings is 1. The predicted octanol–water partition coefficient (Wildman–Crippen LogP) is 2.40. The van der Waals surface area contributed by atoms with Gasteiger partial charge in [-0.15, -0.1) is 0 Å². The number of halogens is 1. The van der Waals surface area contributed by atoms with E-state index in [1.165, 1.54) is 0 Å². The van der Waals surface area contributed by atoms with Crippen LogP contribution in [0.2, 0.25) is 0 Å². The highest BCUT2D eigenvalue weighted by Crippen LogP contribution is 2.27. The molecule has 0 aliphatic rings. The number of hydrogen-bond donors (Lipinski definition) is 3. The second kappa shape index (κ2) is 7.01. The van der Waals surface area contributed by atoms with Crippen LogP contribution in [0.1, 0.15) is 12.8 Å². The third-order valence-electron chi connectivity index (χ3n) is 2.22. The van der Waals surface area contributed by atoms with E-state index in [9.17, 15) is 0 Å². The molecule has 0 atom stereocenters. The quantitative estimate of drug-likeness (QED) is 0.248. The lowest BCUT2D eigenvalue weighted by Crippen LogP contribution is -2.13. The Morgan fingerprint density at radius 3 is 2.94 bits per heavy atom. The van der Waals surface area contributed by atoms with Crippen molar-refractivity contribution < 1.29 is 9.94 Å². The van der Waals surface area contributed by atoms with Gasteiger partial charge in [-0.3, -0.25) is 0 Å². The number of nitrogens with zero attached hydrogens (tertiary/aromatic N) is 1. The number of ether oxygens (including phenoxy) is 1. The number of hydrogen-bond acceptors (Lipinski definition) is 4. The van der Waals surface area contributed by atoms with E-state index >= 15 is 0 Å². The van der Waals surface area contributed by atoms with Crippen LogP contribution in [0, 0.1) is 0 Å². The Balaban J connectivity index is 2.40. The van der Waals surface area contributed by atoms with Gasteiger partial charge in [0.1, 0.15) is 11.6 Å². The van der Waals surface area contributed by atoms with Crippen molar-refractivity contribution in [3.05, 3.63) is 22.7 Å². The summed E-state index contributed by atoms with van der Waals surface area (Å²) in [6.07, 6.45) is 1.38. The minimum atomic E-state index is 0.253. The van der Waals surface area contributed by atoms with Gasteiger partial charge in [0, 0.05) is 18.7 Å². The molecule has 0 amide bonds. The van der Waals surface area contributed by atoms with Crippen LogP contribution in [0.15, 0.2) is 27.8 Å². The largest absolute Gasteiger partial charge is 0.496 e. The van der Waals surface area contributed by atoms with Crippen LogP contribution in [0.5, 0.6) is 5.75 Å². The van der Waals surface area contributed by atoms with E-state index in [1.807, 2.05) is 18.2 Å². The molecular formula is C11H16BrN3O2. The fourth-order valence-electron chi connectivity index (χ4n) is 1.33. The van der Waals surface area contributed by atoms with Crippen LogP contribution in [0.4, 0.5) is 5.69 Å². The first-order valence-corrected chi connectivity index (χ1v) is 6.00. The molecule has 0 saturated carbocycles. The maximum atomic E-state index is 8.37. The molecule has 0 spiro atoms. The molecule has 0 aliphatic carbocycles. The average Bonchev–Trinajstić information content (AvgIpc) is 2.34. The summed E-state index contributed by atoms with van der Waals surface area (Å²) in [5, 5.41) is 14.5. The number of nitrogens with one attached hydrogen (secondary N) is 1. The first-order valence-electron chi connectivity index (χ1n) is 5.21. The molecule has 6 heteroatoms. The molecule has 0 fully saturated rings. The zero-order valence-corrected chi connectivity index (χ0v) is 11.2. The van der Waals surface area contributed by atoms with Gasteiger partial charge in [0.05, 0.1) is 11.6 Å². The van der Waals surface area contributed by atoms with Gasteiger partial charge >= 0.3 is 0 Å². The molecule has 0 aromatic heterocycles. The number of methoxy groups -OCH3 is 1. The van der Waals surface area contributed by atoms with Crippen LogP contribution >= 0.6 is 15.9 Å². The molecule has 1 rings (SSSR count). The molecule has 1 aromatic rings. The maximum Gasteiger partial charge on any atom is 0.139 e. The second-order valence-electron chi connectivity index (χ2n) is 3.47. The monoisotopic (exact) mass is 301 g/mol. The lowest BCUT2D eigenvalue weighted by molar-refractivity contribution is 0.316. The van der Waals surface area contributed by atoms with Crippen molar-refractivity contribution in [2.24, 2.45) is 10.9 Å². The standard InChI is InChI=1S/C11H16BrN3O2/c1-17-10-5-4-8(7-9(10)12)14-6-2-3-11(13)15-16/h4-5,7,14,16H,2-3,6H2,1H3,(H2,13,15).